The minimum Gasteiger partial charge on any atom is -0.340 e. The van der Waals surface area contributed by atoms with Crippen molar-refractivity contribution >= 4 is 5.91 Å². The molecular weight excluding hydrogens is 300 g/mol. The molecule has 126 valence electrons. The van der Waals surface area contributed by atoms with E-state index in [9.17, 15) is 4.79 Å². The molecule has 0 radical (unpaired) electrons. The van der Waals surface area contributed by atoms with Crippen LogP contribution < -0.4 is 0 Å². The second-order valence-electron chi connectivity index (χ2n) is 6.78. The summed E-state index contributed by atoms with van der Waals surface area (Å²) in [6, 6.07) is 10.9. The number of rotatable bonds is 5. The minimum atomic E-state index is 0.276. The summed E-state index contributed by atoms with van der Waals surface area (Å²) in [7, 11) is 0. The Morgan fingerprint density at radius 2 is 1.83 bits per heavy atom. The third kappa shape index (κ3) is 3.51. The van der Waals surface area contributed by atoms with Crippen LogP contribution in [0.2, 0.25) is 0 Å². The highest BCUT2D eigenvalue weighted by molar-refractivity contribution is 5.76. The normalized spacial score (nSPS) is 18.8. The number of nitrogens with zero attached hydrogens (tertiary/aromatic N) is 4. The number of piperazine rings is 1. The summed E-state index contributed by atoms with van der Waals surface area (Å²) in [5.41, 5.74) is 2.16. The Bertz CT molecular complexity index is 684. The maximum Gasteiger partial charge on any atom is 0.222 e. The van der Waals surface area contributed by atoms with E-state index in [1.54, 1.807) is 0 Å². The molecule has 0 N–H and O–H groups in total. The van der Waals surface area contributed by atoms with Crippen LogP contribution in [-0.4, -0.2) is 57.7 Å². The van der Waals surface area contributed by atoms with Crippen molar-refractivity contribution in [3.8, 4) is 5.69 Å². The smallest absolute Gasteiger partial charge is 0.222 e. The lowest BCUT2D eigenvalue weighted by Gasteiger charge is -2.34. The first-order chi connectivity index (χ1) is 11.8. The van der Waals surface area contributed by atoms with Crippen LogP contribution >= 0.6 is 0 Å². The molecule has 5 nitrogen and oxygen atoms in total. The van der Waals surface area contributed by atoms with Crippen LogP contribution in [0.3, 0.4) is 0 Å². The summed E-state index contributed by atoms with van der Waals surface area (Å²) in [6.45, 7) is 3.86. The largest absolute Gasteiger partial charge is 0.340 e. The molecule has 1 amide bonds. The average molecular weight is 324 g/mol. The fraction of sp³-hybridized carbons (Fsp3) is 0.474. The van der Waals surface area contributed by atoms with Crippen molar-refractivity contribution in [1.82, 2.24) is 19.6 Å². The second-order valence-corrected chi connectivity index (χ2v) is 6.78. The van der Waals surface area contributed by atoms with Gasteiger partial charge in [-0.25, -0.2) is 4.68 Å². The molecule has 1 aliphatic carbocycles. The Morgan fingerprint density at radius 3 is 2.54 bits per heavy atom. The molecule has 4 rings (SSSR count). The van der Waals surface area contributed by atoms with Gasteiger partial charge in [0, 0.05) is 44.8 Å². The van der Waals surface area contributed by atoms with Crippen molar-refractivity contribution in [2.45, 2.75) is 31.7 Å². The van der Waals surface area contributed by atoms with Crippen LogP contribution in [-0.2, 0) is 11.2 Å². The Morgan fingerprint density at radius 1 is 1.08 bits per heavy atom. The summed E-state index contributed by atoms with van der Waals surface area (Å²) in [4.78, 5) is 17.0. The predicted octanol–water partition coefficient (Wildman–Crippen LogP) is 2.11. The number of para-hydroxylation sites is 1. The fourth-order valence-electron chi connectivity index (χ4n) is 3.40. The molecule has 1 saturated carbocycles. The predicted molar refractivity (Wildman–Crippen MR) is 93.1 cm³/mol. The molecule has 24 heavy (non-hydrogen) atoms. The van der Waals surface area contributed by atoms with Gasteiger partial charge >= 0.3 is 0 Å². The molecule has 0 unspecified atom stereocenters. The maximum absolute atomic E-state index is 12.4. The number of carbonyl (C=O) groups is 1. The quantitative estimate of drug-likeness (QED) is 0.846. The van der Waals surface area contributed by atoms with E-state index in [1.807, 2.05) is 52.3 Å². The van der Waals surface area contributed by atoms with Crippen molar-refractivity contribution in [3.63, 3.8) is 0 Å². The van der Waals surface area contributed by atoms with Gasteiger partial charge in [-0.3, -0.25) is 9.69 Å². The van der Waals surface area contributed by atoms with Gasteiger partial charge in [0.15, 0.2) is 0 Å². The van der Waals surface area contributed by atoms with Gasteiger partial charge in [0.1, 0.15) is 0 Å². The van der Waals surface area contributed by atoms with E-state index < -0.39 is 0 Å². The van der Waals surface area contributed by atoms with Gasteiger partial charge in [-0.15, -0.1) is 0 Å². The van der Waals surface area contributed by atoms with Crippen LogP contribution in [0.4, 0.5) is 0 Å². The third-order valence-electron chi connectivity index (χ3n) is 5.01. The van der Waals surface area contributed by atoms with Crippen molar-refractivity contribution in [2.75, 3.05) is 26.2 Å². The van der Waals surface area contributed by atoms with Gasteiger partial charge in [0.25, 0.3) is 0 Å². The van der Waals surface area contributed by atoms with Gasteiger partial charge in [-0.05, 0) is 37.0 Å². The monoisotopic (exact) mass is 324 g/mol. The number of amides is 1. The number of hydrogen-bond donors (Lipinski definition) is 0. The Balaban J connectivity index is 1.27. The maximum atomic E-state index is 12.4. The summed E-state index contributed by atoms with van der Waals surface area (Å²) in [5, 5.41) is 4.40. The lowest BCUT2D eigenvalue weighted by atomic mass is 10.1. The summed E-state index contributed by atoms with van der Waals surface area (Å²) < 4.78 is 1.87. The molecule has 1 aliphatic heterocycles. The zero-order chi connectivity index (χ0) is 16.4. The molecule has 1 aromatic heterocycles. The standard InChI is InChI=1S/C19H24N4O/c24-19(22-12-10-21(11-13-22)17-7-8-17)9-6-16-14-20-23(15-16)18-4-2-1-3-5-18/h1-5,14-15,17H,6-13H2. The zero-order valence-corrected chi connectivity index (χ0v) is 14.0. The molecular formula is C19H24N4O. The highest BCUT2D eigenvalue weighted by atomic mass is 16.2. The second kappa shape index (κ2) is 6.77. The molecule has 5 heteroatoms. The van der Waals surface area contributed by atoms with E-state index in [1.165, 1.54) is 12.8 Å². The summed E-state index contributed by atoms with van der Waals surface area (Å²) in [5.74, 6) is 0.276. The van der Waals surface area contributed by atoms with Crippen LogP contribution in [0, 0.1) is 0 Å². The molecule has 1 aromatic carbocycles. The number of carbonyl (C=O) groups excluding carboxylic acids is 1. The van der Waals surface area contributed by atoms with Crippen molar-refractivity contribution < 1.29 is 4.79 Å². The van der Waals surface area contributed by atoms with Crippen LogP contribution in [0.5, 0.6) is 0 Å². The summed E-state index contributed by atoms with van der Waals surface area (Å²) >= 11 is 0. The fourth-order valence-corrected chi connectivity index (χ4v) is 3.40. The average Bonchev–Trinajstić information content (AvgIpc) is 3.38. The first kappa shape index (κ1) is 15.4. The van der Waals surface area contributed by atoms with Gasteiger partial charge in [-0.1, -0.05) is 18.2 Å². The number of aryl methyl sites for hydroxylation is 1. The van der Waals surface area contributed by atoms with Crippen LogP contribution in [0.25, 0.3) is 5.69 Å². The molecule has 0 atom stereocenters. The first-order valence-corrected chi connectivity index (χ1v) is 8.90. The van der Waals surface area contributed by atoms with E-state index in [0.717, 1.165) is 49.9 Å². The molecule has 2 heterocycles. The Kier molecular flexibility index (Phi) is 4.34. The van der Waals surface area contributed by atoms with E-state index in [0.29, 0.717) is 6.42 Å². The molecule has 0 spiro atoms. The minimum absolute atomic E-state index is 0.276. The molecule has 0 bridgehead atoms. The SMILES string of the molecule is O=C(CCc1cnn(-c2ccccc2)c1)N1CCN(C2CC2)CC1. The number of benzene rings is 1. The zero-order valence-electron chi connectivity index (χ0n) is 14.0. The van der Waals surface area contributed by atoms with E-state index in [4.69, 9.17) is 0 Å². The highest BCUT2D eigenvalue weighted by Gasteiger charge is 2.32. The van der Waals surface area contributed by atoms with E-state index in [-0.39, 0.29) is 5.91 Å². The van der Waals surface area contributed by atoms with Crippen molar-refractivity contribution in [3.05, 3.63) is 48.3 Å². The number of hydrogen-bond acceptors (Lipinski definition) is 3. The Hall–Kier alpha value is -2.14. The van der Waals surface area contributed by atoms with Crippen LogP contribution in [0.1, 0.15) is 24.8 Å². The van der Waals surface area contributed by atoms with Gasteiger partial charge < -0.3 is 4.90 Å². The van der Waals surface area contributed by atoms with Gasteiger partial charge in [0.2, 0.25) is 5.91 Å². The van der Waals surface area contributed by atoms with E-state index in [2.05, 4.69) is 10.00 Å². The van der Waals surface area contributed by atoms with Crippen LogP contribution in [0.15, 0.2) is 42.7 Å². The topological polar surface area (TPSA) is 41.4 Å². The van der Waals surface area contributed by atoms with Crippen molar-refractivity contribution in [2.24, 2.45) is 0 Å². The third-order valence-corrected chi connectivity index (χ3v) is 5.01. The van der Waals surface area contributed by atoms with Gasteiger partial charge in [-0.2, -0.15) is 5.10 Å². The molecule has 2 aliphatic rings. The number of aromatic nitrogens is 2. The van der Waals surface area contributed by atoms with Crippen molar-refractivity contribution in [1.29, 1.82) is 0 Å². The Labute approximate surface area is 142 Å². The summed E-state index contributed by atoms with van der Waals surface area (Å²) in [6.07, 6.45) is 7.91. The molecule has 2 aromatic rings. The first-order valence-electron chi connectivity index (χ1n) is 8.90. The molecule has 1 saturated heterocycles. The van der Waals surface area contributed by atoms with Gasteiger partial charge in [0.05, 0.1) is 11.9 Å². The highest BCUT2D eigenvalue weighted by Crippen LogP contribution is 2.27. The lowest BCUT2D eigenvalue weighted by Crippen LogP contribution is -2.49. The van der Waals surface area contributed by atoms with E-state index >= 15 is 0 Å². The molecule has 2 fully saturated rings. The lowest BCUT2D eigenvalue weighted by molar-refractivity contribution is -0.133.